The maximum absolute atomic E-state index is 13.2. The van der Waals surface area contributed by atoms with Crippen molar-refractivity contribution in [2.45, 2.75) is 38.3 Å². The van der Waals surface area contributed by atoms with Crippen LogP contribution in [0.1, 0.15) is 43.0 Å². The highest BCUT2D eigenvalue weighted by Gasteiger charge is 2.52. The van der Waals surface area contributed by atoms with E-state index in [0.29, 0.717) is 56.6 Å². The minimum atomic E-state index is -0.680. The van der Waals surface area contributed by atoms with E-state index >= 15 is 0 Å². The number of nitrogens with zero attached hydrogens (tertiary/aromatic N) is 3. The van der Waals surface area contributed by atoms with E-state index < -0.39 is 5.66 Å². The Morgan fingerprint density at radius 2 is 1.81 bits per heavy atom. The lowest BCUT2D eigenvalue weighted by Gasteiger charge is -2.48. The van der Waals surface area contributed by atoms with Gasteiger partial charge in [-0.1, -0.05) is 30.3 Å². The normalized spacial score (nSPS) is 19.6. The van der Waals surface area contributed by atoms with Gasteiger partial charge < -0.3 is 14.5 Å². The molecule has 4 rings (SSSR count). The van der Waals surface area contributed by atoms with Gasteiger partial charge in [0.1, 0.15) is 18.0 Å². The van der Waals surface area contributed by atoms with E-state index in [-0.39, 0.29) is 17.7 Å². The van der Waals surface area contributed by atoms with Gasteiger partial charge in [0.05, 0.1) is 17.8 Å². The minimum absolute atomic E-state index is 0.0102. The Bertz CT molecular complexity index is 1010. The van der Waals surface area contributed by atoms with E-state index in [0.717, 1.165) is 5.75 Å². The summed E-state index contributed by atoms with van der Waals surface area (Å²) in [5.41, 5.74) is 0.552. The molecule has 2 heterocycles. The van der Waals surface area contributed by atoms with Crippen molar-refractivity contribution in [1.29, 1.82) is 0 Å². The first-order valence-electron chi connectivity index (χ1n) is 11.1. The molecular formula is C25H29N3O4. The number of hydrogen-bond donors (Lipinski definition) is 0. The molecular weight excluding hydrogens is 406 g/mol. The zero-order chi connectivity index (χ0) is 22.7. The maximum atomic E-state index is 13.2. The molecule has 1 atom stereocenters. The third-order valence-electron chi connectivity index (χ3n) is 6.38. The van der Waals surface area contributed by atoms with E-state index in [2.05, 4.69) is 0 Å². The molecule has 0 N–H and O–H groups in total. The van der Waals surface area contributed by atoms with Gasteiger partial charge in [-0.05, 0) is 44.0 Å². The third kappa shape index (κ3) is 4.07. The second kappa shape index (κ2) is 9.02. The molecule has 3 amide bonds. The molecule has 168 valence electrons. The molecule has 1 saturated heterocycles. The van der Waals surface area contributed by atoms with Crippen molar-refractivity contribution < 1.29 is 19.1 Å². The largest absolute Gasteiger partial charge is 0.492 e. The second-order valence-corrected chi connectivity index (χ2v) is 8.50. The second-order valence-electron chi connectivity index (χ2n) is 8.50. The Morgan fingerprint density at radius 1 is 1.09 bits per heavy atom. The fourth-order valence-corrected chi connectivity index (χ4v) is 4.56. The zero-order valence-electron chi connectivity index (χ0n) is 18.6. The first-order valence-corrected chi connectivity index (χ1v) is 11.1. The van der Waals surface area contributed by atoms with E-state index in [1.165, 1.54) is 0 Å². The summed E-state index contributed by atoms with van der Waals surface area (Å²) < 4.78 is 5.66. The van der Waals surface area contributed by atoms with Crippen molar-refractivity contribution in [3.8, 4) is 5.75 Å². The molecule has 0 radical (unpaired) electrons. The molecule has 2 aliphatic heterocycles. The van der Waals surface area contributed by atoms with Gasteiger partial charge in [-0.25, -0.2) is 0 Å². The van der Waals surface area contributed by atoms with Crippen LogP contribution in [0.2, 0.25) is 0 Å². The first-order chi connectivity index (χ1) is 15.4. The fraction of sp³-hybridized carbons (Fsp3) is 0.400. The highest BCUT2D eigenvalue weighted by Crippen LogP contribution is 2.44. The number of carbonyl (C=O) groups is 3. The number of anilines is 1. The number of hydrogen-bond acceptors (Lipinski definition) is 4. The van der Waals surface area contributed by atoms with Crippen LogP contribution in [-0.2, 0) is 9.59 Å². The summed E-state index contributed by atoms with van der Waals surface area (Å²) in [5, 5.41) is 0. The van der Waals surface area contributed by atoms with Crippen molar-refractivity contribution in [2.75, 3.05) is 31.6 Å². The summed E-state index contributed by atoms with van der Waals surface area (Å²) in [5.74, 6) is 0.745. The van der Waals surface area contributed by atoms with Gasteiger partial charge in [-0.15, -0.1) is 0 Å². The molecule has 1 fully saturated rings. The molecule has 7 heteroatoms. The number of amides is 3. The topological polar surface area (TPSA) is 70.2 Å². The van der Waals surface area contributed by atoms with E-state index in [9.17, 15) is 14.4 Å². The van der Waals surface area contributed by atoms with Crippen LogP contribution in [0.15, 0.2) is 54.6 Å². The number of likely N-dealkylation sites (N-methyl/N-ethyl adjacent to an activating group) is 1. The summed E-state index contributed by atoms with van der Waals surface area (Å²) >= 11 is 0. The van der Waals surface area contributed by atoms with Gasteiger partial charge >= 0.3 is 0 Å². The fourth-order valence-electron chi connectivity index (χ4n) is 4.56. The monoisotopic (exact) mass is 435 g/mol. The molecule has 0 saturated carbocycles. The molecule has 0 aliphatic carbocycles. The zero-order valence-corrected chi connectivity index (χ0v) is 18.6. The SMILES string of the molecule is CN(CCOc1ccccc1)C(=O)CCCN1C(=O)c2ccccc2N2C(=O)CCC12C. The van der Waals surface area contributed by atoms with Crippen LogP contribution in [0.3, 0.4) is 0 Å². The van der Waals surface area contributed by atoms with Gasteiger partial charge in [0.2, 0.25) is 11.8 Å². The predicted octanol–water partition coefficient (Wildman–Crippen LogP) is 3.30. The summed E-state index contributed by atoms with van der Waals surface area (Å²) in [7, 11) is 1.76. The number of carbonyl (C=O) groups excluding carboxylic acids is 3. The lowest BCUT2D eigenvalue weighted by molar-refractivity contribution is -0.130. The minimum Gasteiger partial charge on any atom is -0.492 e. The Kier molecular flexibility index (Phi) is 6.17. The number of fused-ring (bicyclic) bond motifs is 3. The molecule has 7 nitrogen and oxygen atoms in total. The van der Waals surface area contributed by atoms with Crippen LogP contribution in [0, 0.1) is 0 Å². The van der Waals surface area contributed by atoms with Crippen molar-refractivity contribution in [2.24, 2.45) is 0 Å². The van der Waals surface area contributed by atoms with Gasteiger partial charge in [0.15, 0.2) is 0 Å². The van der Waals surface area contributed by atoms with Gasteiger partial charge in [-0.3, -0.25) is 19.3 Å². The Balaban J connectivity index is 1.33. The van der Waals surface area contributed by atoms with Crippen LogP contribution in [0.5, 0.6) is 5.75 Å². The van der Waals surface area contributed by atoms with Crippen molar-refractivity contribution >= 4 is 23.4 Å². The maximum Gasteiger partial charge on any atom is 0.257 e. The van der Waals surface area contributed by atoms with Crippen molar-refractivity contribution in [1.82, 2.24) is 9.80 Å². The average molecular weight is 436 g/mol. The Morgan fingerprint density at radius 3 is 2.59 bits per heavy atom. The lowest BCUT2D eigenvalue weighted by atomic mass is 9.98. The highest BCUT2D eigenvalue weighted by molar-refractivity contribution is 6.10. The van der Waals surface area contributed by atoms with Crippen LogP contribution in [0.4, 0.5) is 5.69 Å². The van der Waals surface area contributed by atoms with E-state index in [1.54, 1.807) is 27.8 Å². The third-order valence-corrected chi connectivity index (χ3v) is 6.38. The predicted molar refractivity (Wildman–Crippen MR) is 121 cm³/mol. The summed E-state index contributed by atoms with van der Waals surface area (Å²) in [6.07, 6.45) is 1.87. The Labute approximate surface area is 188 Å². The molecule has 0 bridgehead atoms. The van der Waals surface area contributed by atoms with Gasteiger partial charge in [0.25, 0.3) is 5.91 Å². The summed E-state index contributed by atoms with van der Waals surface area (Å²) in [6.45, 7) is 3.28. The Hall–Kier alpha value is -3.35. The summed E-state index contributed by atoms with van der Waals surface area (Å²) in [4.78, 5) is 43.6. The molecule has 2 aromatic rings. The molecule has 0 aromatic heterocycles. The smallest absolute Gasteiger partial charge is 0.257 e. The number of ether oxygens (including phenoxy) is 1. The summed E-state index contributed by atoms with van der Waals surface area (Å²) in [6, 6.07) is 16.8. The van der Waals surface area contributed by atoms with Gasteiger partial charge in [0, 0.05) is 26.4 Å². The number of para-hydroxylation sites is 2. The molecule has 0 spiro atoms. The first kappa shape index (κ1) is 21.9. The van der Waals surface area contributed by atoms with Crippen LogP contribution < -0.4 is 9.64 Å². The average Bonchev–Trinajstić information content (AvgIpc) is 3.11. The quantitative estimate of drug-likeness (QED) is 0.638. The van der Waals surface area contributed by atoms with Crippen molar-refractivity contribution in [3.63, 3.8) is 0 Å². The van der Waals surface area contributed by atoms with Crippen LogP contribution in [0.25, 0.3) is 0 Å². The molecule has 32 heavy (non-hydrogen) atoms. The van der Waals surface area contributed by atoms with Crippen molar-refractivity contribution in [3.05, 3.63) is 60.2 Å². The molecule has 2 aliphatic rings. The number of rotatable bonds is 8. The van der Waals surface area contributed by atoms with Crippen LogP contribution >= 0.6 is 0 Å². The highest BCUT2D eigenvalue weighted by atomic mass is 16.5. The molecule has 1 unspecified atom stereocenters. The van der Waals surface area contributed by atoms with E-state index in [4.69, 9.17) is 4.74 Å². The lowest BCUT2D eigenvalue weighted by Crippen LogP contribution is -2.62. The standard InChI is InChI=1S/C25H29N3O4/c1-25-15-14-23(30)28(25)21-12-7-6-11-20(21)24(31)27(25)16-8-13-22(29)26(2)17-18-32-19-9-4-3-5-10-19/h3-7,9-12H,8,13-18H2,1-2H3. The van der Waals surface area contributed by atoms with Gasteiger partial charge in [-0.2, -0.15) is 0 Å². The number of benzene rings is 2. The van der Waals surface area contributed by atoms with E-state index in [1.807, 2.05) is 55.5 Å². The molecule has 2 aromatic carbocycles. The van der Waals surface area contributed by atoms with Crippen LogP contribution in [-0.4, -0.2) is 59.9 Å².